The van der Waals surface area contributed by atoms with Crippen LogP contribution in [-0.2, 0) is 14.8 Å². The van der Waals surface area contributed by atoms with E-state index >= 15 is 0 Å². The van der Waals surface area contributed by atoms with Crippen LogP contribution in [0.25, 0.3) is 4.91 Å². The SMILES string of the molecule is CCC[C@@H](C)C(=O)NC1CCN(C2=NS(=O)(=O)C(c3ccc(C(C)C)cc3)=C2C)CC1. The molecule has 1 N–H and O–H groups in total. The van der Waals surface area contributed by atoms with Crippen LogP contribution in [0.3, 0.4) is 0 Å². The normalized spacial score (nSPS) is 20.2. The Hall–Kier alpha value is -2.15. The van der Waals surface area contributed by atoms with Crippen LogP contribution in [0.1, 0.15) is 77.3 Å². The molecule has 1 fully saturated rings. The van der Waals surface area contributed by atoms with Crippen LogP contribution in [0, 0.1) is 5.92 Å². The van der Waals surface area contributed by atoms with Gasteiger partial charge < -0.3 is 10.2 Å². The van der Waals surface area contributed by atoms with E-state index in [1.165, 1.54) is 5.56 Å². The van der Waals surface area contributed by atoms with Gasteiger partial charge >= 0.3 is 0 Å². The predicted octanol–water partition coefficient (Wildman–Crippen LogP) is 4.30. The molecule has 0 bridgehead atoms. The van der Waals surface area contributed by atoms with Crippen LogP contribution in [0.2, 0.25) is 0 Å². The van der Waals surface area contributed by atoms with Gasteiger partial charge in [0.1, 0.15) is 10.7 Å². The lowest BCUT2D eigenvalue weighted by atomic mass is 9.99. The first kappa shape index (κ1) is 23.5. The van der Waals surface area contributed by atoms with E-state index < -0.39 is 10.0 Å². The molecule has 0 aromatic heterocycles. The maximum atomic E-state index is 12.9. The van der Waals surface area contributed by atoms with Crippen LogP contribution >= 0.6 is 0 Å². The van der Waals surface area contributed by atoms with Crippen LogP contribution in [-0.4, -0.2) is 44.2 Å². The van der Waals surface area contributed by atoms with Crippen molar-refractivity contribution in [3.63, 3.8) is 0 Å². The fourth-order valence-electron chi connectivity index (χ4n) is 4.35. The quantitative estimate of drug-likeness (QED) is 0.708. The fourth-order valence-corrected chi connectivity index (χ4v) is 5.83. The van der Waals surface area contributed by atoms with Gasteiger partial charge in [0.25, 0.3) is 10.0 Å². The highest BCUT2D eigenvalue weighted by Gasteiger charge is 2.35. The van der Waals surface area contributed by atoms with Crippen molar-refractivity contribution in [2.24, 2.45) is 10.3 Å². The molecule has 3 rings (SSSR count). The summed E-state index contributed by atoms with van der Waals surface area (Å²) in [5, 5.41) is 3.16. The molecule has 7 heteroatoms. The lowest BCUT2D eigenvalue weighted by Gasteiger charge is -2.34. The maximum absolute atomic E-state index is 12.9. The van der Waals surface area contributed by atoms with Crippen molar-refractivity contribution in [3.05, 3.63) is 41.0 Å². The Kier molecular flexibility index (Phi) is 7.24. The van der Waals surface area contributed by atoms with Crippen molar-refractivity contribution in [2.75, 3.05) is 13.1 Å². The molecular weight excluding hydrogens is 410 g/mol. The average molecular weight is 446 g/mol. The molecule has 1 saturated heterocycles. The summed E-state index contributed by atoms with van der Waals surface area (Å²) in [6, 6.07) is 7.87. The second-order valence-corrected chi connectivity index (χ2v) is 10.6. The predicted molar refractivity (Wildman–Crippen MR) is 126 cm³/mol. The second-order valence-electron chi connectivity index (χ2n) is 9.08. The Morgan fingerprint density at radius 1 is 1.16 bits per heavy atom. The smallest absolute Gasteiger partial charge is 0.285 e. The van der Waals surface area contributed by atoms with Crippen LogP contribution in [0.4, 0.5) is 0 Å². The molecule has 0 radical (unpaired) electrons. The fraction of sp³-hybridized carbons (Fsp3) is 0.583. The van der Waals surface area contributed by atoms with Gasteiger partial charge in [-0.05, 0) is 43.2 Å². The maximum Gasteiger partial charge on any atom is 0.285 e. The first-order chi connectivity index (χ1) is 14.6. The largest absolute Gasteiger partial charge is 0.356 e. The van der Waals surface area contributed by atoms with E-state index in [1.54, 1.807) is 0 Å². The Labute approximate surface area is 186 Å². The summed E-state index contributed by atoms with van der Waals surface area (Å²) in [4.78, 5) is 14.7. The molecule has 0 aliphatic carbocycles. The summed E-state index contributed by atoms with van der Waals surface area (Å²) < 4.78 is 29.9. The van der Waals surface area contributed by atoms with Gasteiger partial charge in [-0.2, -0.15) is 8.42 Å². The summed E-state index contributed by atoms with van der Waals surface area (Å²) in [5.74, 6) is 1.08. The van der Waals surface area contributed by atoms with Gasteiger partial charge in [-0.15, -0.1) is 4.40 Å². The number of piperidine rings is 1. The number of nitrogens with zero attached hydrogens (tertiary/aromatic N) is 2. The van der Waals surface area contributed by atoms with Gasteiger partial charge in [0.15, 0.2) is 0 Å². The Morgan fingerprint density at radius 2 is 1.77 bits per heavy atom. The molecule has 6 nitrogen and oxygen atoms in total. The molecule has 0 saturated carbocycles. The Morgan fingerprint density at radius 3 is 2.32 bits per heavy atom. The van der Waals surface area contributed by atoms with E-state index in [4.69, 9.17) is 0 Å². The zero-order valence-electron chi connectivity index (χ0n) is 19.3. The average Bonchev–Trinajstić information content (AvgIpc) is 2.97. The minimum atomic E-state index is -3.71. The van der Waals surface area contributed by atoms with Crippen LogP contribution < -0.4 is 5.32 Å². The van der Waals surface area contributed by atoms with Gasteiger partial charge in [-0.3, -0.25) is 4.79 Å². The van der Waals surface area contributed by atoms with Gasteiger partial charge in [-0.25, -0.2) is 0 Å². The van der Waals surface area contributed by atoms with Crippen LogP contribution in [0.5, 0.6) is 0 Å². The van der Waals surface area contributed by atoms with E-state index in [9.17, 15) is 13.2 Å². The second kappa shape index (κ2) is 9.55. The number of likely N-dealkylation sites (tertiary alicyclic amines) is 1. The summed E-state index contributed by atoms with van der Waals surface area (Å²) >= 11 is 0. The summed E-state index contributed by atoms with van der Waals surface area (Å²) in [7, 11) is -3.71. The lowest BCUT2D eigenvalue weighted by Crippen LogP contribution is -2.47. The van der Waals surface area contributed by atoms with Gasteiger partial charge in [0.05, 0.1) is 0 Å². The van der Waals surface area contributed by atoms with E-state index in [0.717, 1.165) is 25.7 Å². The number of nitrogens with one attached hydrogen (secondary N) is 1. The van der Waals surface area contributed by atoms with Crippen LogP contribution in [0.15, 0.2) is 34.2 Å². The van der Waals surface area contributed by atoms with Crippen molar-refractivity contribution in [3.8, 4) is 0 Å². The van der Waals surface area contributed by atoms with Crippen molar-refractivity contribution in [1.82, 2.24) is 10.2 Å². The molecule has 1 aromatic carbocycles. The summed E-state index contributed by atoms with van der Waals surface area (Å²) in [6.07, 6.45) is 3.46. The summed E-state index contributed by atoms with van der Waals surface area (Å²) in [6.45, 7) is 11.5. The first-order valence-electron chi connectivity index (χ1n) is 11.4. The number of hydrogen-bond acceptors (Lipinski definition) is 4. The van der Waals surface area contributed by atoms with E-state index in [2.05, 4.69) is 30.5 Å². The van der Waals surface area contributed by atoms with Crippen molar-refractivity contribution in [1.29, 1.82) is 0 Å². The number of amidine groups is 1. The molecule has 2 aliphatic heterocycles. The minimum Gasteiger partial charge on any atom is -0.356 e. The van der Waals surface area contributed by atoms with Gasteiger partial charge in [-0.1, -0.05) is 58.4 Å². The lowest BCUT2D eigenvalue weighted by molar-refractivity contribution is -0.125. The third kappa shape index (κ3) is 5.20. The topological polar surface area (TPSA) is 78.8 Å². The van der Waals surface area contributed by atoms with E-state index in [-0.39, 0.29) is 17.9 Å². The van der Waals surface area contributed by atoms with Gasteiger partial charge in [0.2, 0.25) is 5.91 Å². The zero-order valence-corrected chi connectivity index (χ0v) is 20.1. The van der Waals surface area contributed by atoms with Crippen molar-refractivity contribution >= 4 is 26.7 Å². The molecule has 0 unspecified atom stereocenters. The molecular formula is C24H35N3O3S. The number of carbonyl (C=O) groups is 1. The molecule has 1 aromatic rings. The third-order valence-electron chi connectivity index (χ3n) is 6.29. The molecule has 0 spiro atoms. The first-order valence-corrected chi connectivity index (χ1v) is 12.8. The molecule has 170 valence electrons. The Balaban J connectivity index is 1.70. The highest BCUT2D eigenvalue weighted by Crippen LogP contribution is 2.34. The number of benzene rings is 1. The monoisotopic (exact) mass is 445 g/mol. The molecule has 2 aliphatic rings. The molecule has 1 amide bonds. The number of hydrogen-bond donors (Lipinski definition) is 1. The van der Waals surface area contributed by atoms with Gasteiger partial charge in [0, 0.05) is 30.6 Å². The number of carbonyl (C=O) groups excluding carboxylic acids is 1. The molecule has 2 heterocycles. The standard InChI is InChI=1S/C24H35N3O3S/c1-6-7-17(4)24(28)25-21-12-14-27(15-13-21)23-18(5)22(31(29,30)26-23)20-10-8-19(9-11-20)16(2)3/h8-11,16-17,21H,6-7,12-15H2,1-5H3,(H,25,28)/t17-/m1/s1. The number of rotatable bonds is 6. The third-order valence-corrected chi connectivity index (χ3v) is 7.76. The minimum absolute atomic E-state index is 0.0298. The highest BCUT2D eigenvalue weighted by atomic mass is 32.2. The van der Waals surface area contributed by atoms with E-state index in [1.807, 2.05) is 43.0 Å². The zero-order chi connectivity index (χ0) is 22.8. The van der Waals surface area contributed by atoms with E-state index in [0.29, 0.717) is 40.9 Å². The van der Waals surface area contributed by atoms with Crippen molar-refractivity contribution < 1.29 is 13.2 Å². The Bertz CT molecular complexity index is 970. The number of amides is 1. The highest BCUT2D eigenvalue weighted by molar-refractivity contribution is 8.00. The molecule has 31 heavy (non-hydrogen) atoms. The summed E-state index contributed by atoms with van der Waals surface area (Å²) in [5.41, 5.74) is 2.57. The number of sulfonamides is 1. The molecule has 1 atom stereocenters. The van der Waals surface area contributed by atoms with Crippen molar-refractivity contribution in [2.45, 2.75) is 72.3 Å².